The molecule has 1 aliphatic rings. The summed E-state index contributed by atoms with van der Waals surface area (Å²) in [6, 6.07) is 3.64. The first-order valence-corrected chi connectivity index (χ1v) is 9.82. The van der Waals surface area contributed by atoms with Crippen LogP contribution in [0.1, 0.15) is 43.9 Å². The van der Waals surface area contributed by atoms with Crippen molar-refractivity contribution >= 4 is 27.4 Å². The zero-order chi connectivity index (χ0) is 17.9. The van der Waals surface area contributed by atoms with E-state index in [9.17, 15) is 17.6 Å². The fraction of sp³-hybridized carbons (Fsp3) is 0.471. The fourth-order valence-corrected chi connectivity index (χ4v) is 5.36. The monoisotopic (exact) mass is 374 g/mol. The van der Waals surface area contributed by atoms with Gasteiger partial charge >= 0.3 is 5.97 Å². The lowest BCUT2D eigenvalue weighted by Crippen LogP contribution is -2.33. The Morgan fingerprint density at radius 2 is 2.17 bits per heavy atom. The van der Waals surface area contributed by atoms with Gasteiger partial charge in [-0.25, -0.2) is 17.6 Å². The van der Waals surface area contributed by atoms with Crippen LogP contribution in [0.4, 0.5) is 4.39 Å². The van der Waals surface area contributed by atoms with Gasteiger partial charge in [-0.2, -0.15) is 0 Å². The van der Waals surface area contributed by atoms with Crippen LogP contribution in [-0.4, -0.2) is 26.2 Å². The van der Waals surface area contributed by atoms with E-state index < -0.39 is 32.1 Å². The summed E-state index contributed by atoms with van der Waals surface area (Å²) in [6.07, 6.45) is 3.32. The second kappa shape index (κ2) is 7.66. The number of allylic oxidation sites excluding steroid dienone is 1. The van der Waals surface area contributed by atoms with Gasteiger partial charge < -0.3 is 4.74 Å². The molecule has 0 bridgehead atoms. The van der Waals surface area contributed by atoms with Gasteiger partial charge in [0.25, 0.3) is 0 Å². The molecule has 0 unspecified atom stereocenters. The normalized spacial score (nSPS) is 19.5. The van der Waals surface area contributed by atoms with Gasteiger partial charge in [-0.05, 0) is 50.8 Å². The topological polar surface area (TPSA) is 60.4 Å². The van der Waals surface area contributed by atoms with Crippen molar-refractivity contribution in [2.75, 3.05) is 6.61 Å². The fourth-order valence-electron chi connectivity index (χ4n) is 2.87. The lowest BCUT2D eigenvalue weighted by Gasteiger charge is -2.26. The van der Waals surface area contributed by atoms with Crippen molar-refractivity contribution < 1.29 is 22.3 Å². The number of hydrogen-bond acceptors (Lipinski definition) is 4. The molecule has 0 fully saturated rings. The predicted octanol–water partition coefficient (Wildman–Crippen LogP) is 4.00. The molecule has 2 atom stereocenters. The van der Waals surface area contributed by atoms with E-state index in [1.54, 1.807) is 13.0 Å². The molecule has 24 heavy (non-hydrogen) atoms. The lowest BCUT2D eigenvalue weighted by molar-refractivity contribution is -0.138. The van der Waals surface area contributed by atoms with E-state index in [0.29, 0.717) is 24.8 Å². The second-order valence-electron chi connectivity index (χ2n) is 5.70. The zero-order valence-corrected chi connectivity index (χ0v) is 15.2. The Kier molecular flexibility index (Phi) is 6.04. The van der Waals surface area contributed by atoms with Gasteiger partial charge in [0.2, 0.25) is 0 Å². The van der Waals surface area contributed by atoms with Crippen molar-refractivity contribution in [1.82, 2.24) is 0 Å². The van der Waals surface area contributed by atoms with E-state index in [2.05, 4.69) is 0 Å². The SMILES string of the molecule is CCOC(=O)C1=CCCC[C@H]1S(=O)(=O)[C@@H](C)c1ccc(F)cc1Cl. The molecule has 0 aromatic heterocycles. The summed E-state index contributed by atoms with van der Waals surface area (Å²) >= 11 is 6.01. The number of halogens is 2. The maximum Gasteiger partial charge on any atom is 0.335 e. The third-order valence-corrected chi connectivity index (χ3v) is 7.03. The van der Waals surface area contributed by atoms with Crippen molar-refractivity contribution in [1.29, 1.82) is 0 Å². The van der Waals surface area contributed by atoms with Crippen LogP contribution in [0.25, 0.3) is 0 Å². The Bertz CT molecular complexity index is 758. The number of sulfone groups is 1. The summed E-state index contributed by atoms with van der Waals surface area (Å²) in [5.41, 5.74) is 0.514. The van der Waals surface area contributed by atoms with Crippen molar-refractivity contribution in [2.45, 2.75) is 43.6 Å². The van der Waals surface area contributed by atoms with Crippen LogP contribution in [-0.2, 0) is 19.4 Å². The van der Waals surface area contributed by atoms with Crippen LogP contribution in [0.5, 0.6) is 0 Å². The quantitative estimate of drug-likeness (QED) is 0.731. The molecule has 7 heteroatoms. The van der Waals surface area contributed by atoms with Gasteiger partial charge in [0.15, 0.2) is 9.84 Å². The highest BCUT2D eigenvalue weighted by atomic mass is 35.5. The number of carbonyl (C=O) groups excluding carboxylic acids is 1. The summed E-state index contributed by atoms with van der Waals surface area (Å²) in [4.78, 5) is 12.1. The molecule has 0 saturated heterocycles. The molecular weight excluding hydrogens is 355 g/mol. The Morgan fingerprint density at radius 3 is 2.79 bits per heavy atom. The number of carbonyl (C=O) groups is 1. The van der Waals surface area contributed by atoms with Crippen molar-refractivity contribution in [3.05, 3.63) is 46.3 Å². The van der Waals surface area contributed by atoms with Crippen LogP contribution in [0.3, 0.4) is 0 Å². The third-order valence-electron chi connectivity index (χ3n) is 4.18. The highest BCUT2D eigenvalue weighted by Crippen LogP contribution is 2.36. The van der Waals surface area contributed by atoms with Gasteiger partial charge in [-0.3, -0.25) is 0 Å². The average Bonchev–Trinajstić information content (AvgIpc) is 2.54. The van der Waals surface area contributed by atoms with Crippen molar-refractivity contribution in [3.63, 3.8) is 0 Å². The molecular formula is C17H20ClFO4S. The number of benzene rings is 1. The molecule has 0 aliphatic heterocycles. The molecule has 1 aromatic carbocycles. The van der Waals surface area contributed by atoms with E-state index in [0.717, 1.165) is 6.07 Å². The van der Waals surface area contributed by atoms with E-state index in [4.69, 9.17) is 16.3 Å². The van der Waals surface area contributed by atoms with Crippen LogP contribution in [0.15, 0.2) is 29.8 Å². The van der Waals surface area contributed by atoms with E-state index in [1.165, 1.54) is 19.1 Å². The zero-order valence-electron chi connectivity index (χ0n) is 13.6. The summed E-state index contributed by atoms with van der Waals surface area (Å²) in [5, 5.41) is -1.82. The maximum absolute atomic E-state index is 13.2. The molecule has 132 valence electrons. The van der Waals surface area contributed by atoms with E-state index in [-0.39, 0.29) is 17.2 Å². The van der Waals surface area contributed by atoms with E-state index in [1.807, 2.05) is 0 Å². The number of esters is 1. The van der Waals surface area contributed by atoms with Crippen LogP contribution in [0, 0.1) is 5.82 Å². The van der Waals surface area contributed by atoms with Crippen molar-refractivity contribution in [2.24, 2.45) is 0 Å². The largest absolute Gasteiger partial charge is 0.463 e. The van der Waals surface area contributed by atoms with Gasteiger partial charge in [-0.15, -0.1) is 0 Å². The summed E-state index contributed by atoms with van der Waals surface area (Å²) in [7, 11) is -3.74. The third kappa shape index (κ3) is 3.81. The molecule has 1 aliphatic carbocycles. The molecule has 0 N–H and O–H groups in total. The number of rotatable bonds is 5. The van der Waals surface area contributed by atoms with E-state index >= 15 is 0 Å². The highest BCUT2D eigenvalue weighted by molar-refractivity contribution is 7.92. The Balaban J connectivity index is 2.38. The minimum Gasteiger partial charge on any atom is -0.463 e. The van der Waals surface area contributed by atoms with Gasteiger partial charge in [0.05, 0.1) is 22.7 Å². The Hall–Kier alpha value is -1.40. The average molecular weight is 375 g/mol. The smallest absolute Gasteiger partial charge is 0.335 e. The first-order chi connectivity index (χ1) is 11.3. The Morgan fingerprint density at radius 1 is 1.46 bits per heavy atom. The Labute approximate surface area is 146 Å². The molecule has 0 spiro atoms. The van der Waals surface area contributed by atoms with Gasteiger partial charge in [0.1, 0.15) is 5.82 Å². The maximum atomic E-state index is 13.2. The lowest BCUT2D eigenvalue weighted by atomic mass is 9.99. The summed E-state index contributed by atoms with van der Waals surface area (Å²) < 4.78 is 44.3. The number of hydrogen-bond donors (Lipinski definition) is 0. The number of ether oxygens (including phenoxy) is 1. The first kappa shape index (κ1) is 18.9. The standard InChI is InChI=1S/C17H20ClFO4S/c1-3-23-17(20)14-6-4-5-7-16(14)24(21,22)11(2)13-9-8-12(19)10-15(13)18/h6,8-11,16H,3-5,7H2,1-2H3/t11-,16+/m0/s1. The minimum absolute atomic E-state index is 0.0588. The molecule has 4 nitrogen and oxygen atoms in total. The molecule has 0 radical (unpaired) electrons. The highest BCUT2D eigenvalue weighted by Gasteiger charge is 2.39. The van der Waals surface area contributed by atoms with Gasteiger partial charge in [0, 0.05) is 5.02 Å². The van der Waals surface area contributed by atoms with Gasteiger partial charge in [-0.1, -0.05) is 23.7 Å². The van der Waals surface area contributed by atoms with Crippen LogP contribution in [0.2, 0.25) is 5.02 Å². The first-order valence-electron chi connectivity index (χ1n) is 7.83. The molecule has 0 heterocycles. The summed E-state index contributed by atoms with van der Waals surface area (Å²) in [5.74, 6) is -1.12. The molecule has 0 amide bonds. The second-order valence-corrected chi connectivity index (χ2v) is 8.56. The van der Waals surface area contributed by atoms with Crippen molar-refractivity contribution in [3.8, 4) is 0 Å². The minimum atomic E-state index is -3.74. The van der Waals surface area contributed by atoms with Crippen LogP contribution >= 0.6 is 11.6 Å². The van der Waals surface area contributed by atoms with Crippen LogP contribution < -0.4 is 0 Å². The summed E-state index contributed by atoms with van der Waals surface area (Å²) in [6.45, 7) is 3.36. The predicted molar refractivity (Wildman–Crippen MR) is 91.1 cm³/mol. The molecule has 0 saturated carbocycles. The molecule has 2 rings (SSSR count). The molecule has 1 aromatic rings.